The molecule has 29 heavy (non-hydrogen) atoms. The first-order chi connectivity index (χ1) is 14.1. The van der Waals surface area contributed by atoms with E-state index in [9.17, 15) is 0 Å². The van der Waals surface area contributed by atoms with Gasteiger partial charge < -0.3 is 10.1 Å². The molecule has 0 aromatic heterocycles. The maximum Gasteiger partial charge on any atom is 0.127 e. The molecule has 1 N–H and O–H groups in total. The molecule has 0 saturated heterocycles. The van der Waals surface area contributed by atoms with Crippen LogP contribution in [0.2, 0.25) is 0 Å². The number of hydrogen-bond acceptors (Lipinski definition) is 2. The fraction of sp³-hybridized carbons (Fsp3) is 0.111. The summed E-state index contributed by atoms with van der Waals surface area (Å²) in [5.74, 6) is 1.72. The lowest BCUT2D eigenvalue weighted by Gasteiger charge is -2.09. The third-order valence-electron chi connectivity index (χ3n) is 4.88. The maximum atomic E-state index is 5.91. The van der Waals surface area contributed by atoms with E-state index in [0.717, 1.165) is 29.3 Å². The zero-order valence-electron chi connectivity index (χ0n) is 16.9. The largest absolute Gasteiger partial charge is 0.457 e. The molecule has 4 aromatic rings. The number of aryl methyl sites for hydroxylation is 2. The van der Waals surface area contributed by atoms with Gasteiger partial charge in [0.05, 0.1) is 0 Å². The molecule has 2 heteroatoms. The van der Waals surface area contributed by atoms with Crippen molar-refractivity contribution in [1.82, 2.24) is 0 Å². The molecule has 0 bridgehead atoms. The van der Waals surface area contributed by atoms with Crippen molar-refractivity contribution in [2.75, 3.05) is 5.32 Å². The lowest BCUT2D eigenvalue weighted by atomic mass is 10.0. The Morgan fingerprint density at radius 2 is 0.897 bits per heavy atom. The van der Waals surface area contributed by atoms with Gasteiger partial charge in [0.2, 0.25) is 0 Å². The molecule has 0 fully saturated rings. The van der Waals surface area contributed by atoms with Crippen LogP contribution in [0.5, 0.6) is 11.5 Å². The second-order valence-corrected chi connectivity index (χ2v) is 7.42. The highest BCUT2D eigenvalue weighted by atomic mass is 16.5. The first-order valence-electron chi connectivity index (χ1n) is 9.90. The van der Waals surface area contributed by atoms with E-state index in [2.05, 4.69) is 92.0 Å². The molecule has 0 aliphatic carbocycles. The number of nitrogens with one attached hydrogen (secondary N) is 1. The van der Waals surface area contributed by atoms with E-state index >= 15 is 0 Å². The minimum absolute atomic E-state index is 0.857. The number of ether oxygens (including phenoxy) is 1. The highest BCUT2D eigenvalue weighted by Gasteiger charge is 2.01. The van der Waals surface area contributed by atoms with E-state index in [-0.39, 0.29) is 0 Å². The van der Waals surface area contributed by atoms with Gasteiger partial charge in [0.15, 0.2) is 0 Å². The lowest BCUT2D eigenvalue weighted by Crippen LogP contribution is -1.92. The van der Waals surface area contributed by atoms with E-state index in [4.69, 9.17) is 4.74 Å². The summed E-state index contributed by atoms with van der Waals surface area (Å²) in [5, 5.41) is 3.44. The topological polar surface area (TPSA) is 21.3 Å². The van der Waals surface area contributed by atoms with Crippen LogP contribution in [0.25, 0.3) is 0 Å². The van der Waals surface area contributed by atoms with Crippen molar-refractivity contribution in [3.8, 4) is 11.5 Å². The van der Waals surface area contributed by atoms with Crippen LogP contribution in [-0.4, -0.2) is 0 Å². The van der Waals surface area contributed by atoms with E-state index in [1.807, 2.05) is 24.3 Å². The Balaban J connectivity index is 1.36. The molecule has 0 saturated carbocycles. The normalized spacial score (nSPS) is 10.6. The van der Waals surface area contributed by atoms with Crippen molar-refractivity contribution < 1.29 is 4.74 Å². The second kappa shape index (κ2) is 8.66. The number of benzene rings is 4. The molecule has 0 radical (unpaired) electrons. The van der Waals surface area contributed by atoms with E-state index in [1.165, 1.54) is 22.3 Å². The molecular weight excluding hydrogens is 354 g/mol. The molecule has 4 rings (SSSR count). The third kappa shape index (κ3) is 5.26. The van der Waals surface area contributed by atoms with E-state index in [0.29, 0.717) is 0 Å². The van der Waals surface area contributed by atoms with Gasteiger partial charge in [-0.25, -0.2) is 0 Å². The highest BCUT2D eigenvalue weighted by Crippen LogP contribution is 2.23. The average molecular weight is 380 g/mol. The van der Waals surface area contributed by atoms with Crippen molar-refractivity contribution in [2.24, 2.45) is 0 Å². The number of hydrogen-bond donors (Lipinski definition) is 1. The van der Waals surface area contributed by atoms with Crippen LogP contribution in [0.15, 0.2) is 97.1 Å². The first kappa shape index (κ1) is 18.8. The van der Waals surface area contributed by atoms with Crippen LogP contribution in [0, 0.1) is 13.8 Å². The molecule has 144 valence electrons. The van der Waals surface area contributed by atoms with Gasteiger partial charge in [-0.05, 0) is 79.9 Å². The summed E-state index contributed by atoms with van der Waals surface area (Å²) in [5.41, 5.74) is 7.24. The van der Waals surface area contributed by atoms with Gasteiger partial charge in [-0.15, -0.1) is 0 Å². The molecule has 0 heterocycles. The molecule has 2 nitrogen and oxygen atoms in total. The minimum atomic E-state index is 0.857. The summed E-state index contributed by atoms with van der Waals surface area (Å²) < 4.78 is 5.91. The second-order valence-electron chi connectivity index (χ2n) is 7.42. The molecule has 0 amide bonds. The van der Waals surface area contributed by atoms with Gasteiger partial charge in [-0.2, -0.15) is 0 Å². The zero-order chi connectivity index (χ0) is 20.1. The predicted octanol–water partition coefficient (Wildman–Crippen LogP) is 7.43. The minimum Gasteiger partial charge on any atom is -0.457 e. The predicted molar refractivity (Wildman–Crippen MR) is 121 cm³/mol. The summed E-state index contributed by atoms with van der Waals surface area (Å²) in [7, 11) is 0. The standard InChI is InChI=1S/C27H25NO/c1-20-3-11-24(12-4-20)28-25-13-7-22(8-14-25)19-23-9-17-27(18-10-23)29-26-15-5-21(2)6-16-26/h3-18,28H,19H2,1-2H3. The SMILES string of the molecule is Cc1ccc(Nc2ccc(Cc3ccc(Oc4ccc(C)cc4)cc3)cc2)cc1. The summed E-state index contributed by atoms with van der Waals surface area (Å²) in [6, 6.07) is 33.5. The summed E-state index contributed by atoms with van der Waals surface area (Å²) in [4.78, 5) is 0. The first-order valence-corrected chi connectivity index (χ1v) is 9.90. The fourth-order valence-corrected chi connectivity index (χ4v) is 3.16. The lowest BCUT2D eigenvalue weighted by molar-refractivity contribution is 0.482. The van der Waals surface area contributed by atoms with Gasteiger partial charge in [0.1, 0.15) is 11.5 Å². The molecule has 0 aliphatic rings. The molecule has 0 aliphatic heterocycles. The summed E-state index contributed by atoms with van der Waals surface area (Å²) in [6.07, 6.45) is 0.898. The Hall–Kier alpha value is -3.52. The highest BCUT2D eigenvalue weighted by molar-refractivity contribution is 5.60. The van der Waals surface area contributed by atoms with Crippen LogP contribution in [0.3, 0.4) is 0 Å². The van der Waals surface area contributed by atoms with Crippen LogP contribution in [-0.2, 0) is 6.42 Å². The monoisotopic (exact) mass is 379 g/mol. The third-order valence-corrected chi connectivity index (χ3v) is 4.88. The van der Waals surface area contributed by atoms with Crippen molar-refractivity contribution in [3.63, 3.8) is 0 Å². The van der Waals surface area contributed by atoms with Crippen LogP contribution < -0.4 is 10.1 Å². The Kier molecular flexibility index (Phi) is 5.62. The van der Waals surface area contributed by atoms with Gasteiger partial charge in [0.25, 0.3) is 0 Å². The molecule has 0 unspecified atom stereocenters. The van der Waals surface area contributed by atoms with Crippen molar-refractivity contribution in [1.29, 1.82) is 0 Å². The van der Waals surface area contributed by atoms with Crippen molar-refractivity contribution in [2.45, 2.75) is 20.3 Å². The van der Waals surface area contributed by atoms with Crippen molar-refractivity contribution >= 4 is 11.4 Å². The number of anilines is 2. The average Bonchev–Trinajstić information content (AvgIpc) is 2.74. The number of rotatable bonds is 6. The summed E-state index contributed by atoms with van der Waals surface area (Å²) in [6.45, 7) is 4.17. The van der Waals surface area contributed by atoms with Crippen molar-refractivity contribution in [3.05, 3.63) is 119 Å². The Morgan fingerprint density at radius 3 is 1.41 bits per heavy atom. The fourth-order valence-electron chi connectivity index (χ4n) is 3.16. The Bertz CT molecular complexity index is 959. The van der Waals surface area contributed by atoms with Crippen LogP contribution in [0.1, 0.15) is 22.3 Å². The maximum absolute atomic E-state index is 5.91. The molecule has 4 aromatic carbocycles. The van der Waals surface area contributed by atoms with E-state index in [1.54, 1.807) is 0 Å². The molecular formula is C27H25NO. The molecule has 0 spiro atoms. The smallest absolute Gasteiger partial charge is 0.127 e. The van der Waals surface area contributed by atoms with Crippen LogP contribution in [0.4, 0.5) is 11.4 Å². The van der Waals surface area contributed by atoms with Crippen LogP contribution >= 0.6 is 0 Å². The van der Waals surface area contributed by atoms with Gasteiger partial charge in [-0.3, -0.25) is 0 Å². The Labute approximate surface area is 172 Å². The van der Waals surface area contributed by atoms with Gasteiger partial charge in [-0.1, -0.05) is 59.7 Å². The van der Waals surface area contributed by atoms with Gasteiger partial charge in [0, 0.05) is 11.4 Å². The summed E-state index contributed by atoms with van der Waals surface area (Å²) >= 11 is 0. The van der Waals surface area contributed by atoms with E-state index < -0.39 is 0 Å². The Morgan fingerprint density at radius 1 is 0.517 bits per heavy atom. The van der Waals surface area contributed by atoms with Gasteiger partial charge >= 0.3 is 0 Å². The molecule has 0 atom stereocenters. The quantitative estimate of drug-likeness (QED) is 0.376. The zero-order valence-corrected chi connectivity index (χ0v) is 16.9.